The van der Waals surface area contributed by atoms with Crippen molar-refractivity contribution in [3.05, 3.63) is 23.3 Å². The van der Waals surface area contributed by atoms with Crippen LogP contribution in [0, 0.1) is 0 Å². The van der Waals surface area contributed by atoms with Crippen LogP contribution in [0.2, 0.25) is 0 Å². The van der Waals surface area contributed by atoms with Gasteiger partial charge in [-0.25, -0.2) is 0 Å². The molecule has 0 bridgehead atoms. The van der Waals surface area contributed by atoms with Gasteiger partial charge >= 0.3 is 0 Å². The first kappa shape index (κ1) is 9.48. The van der Waals surface area contributed by atoms with E-state index in [2.05, 4.69) is 22.0 Å². The average Bonchev–Trinajstić information content (AvgIpc) is 2.72. The number of rotatable bonds is 1. The summed E-state index contributed by atoms with van der Waals surface area (Å²) in [4.78, 5) is 0. The topological polar surface area (TPSA) is 27.7 Å². The van der Waals surface area contributed by atoms with E-state index in [9.17, 15) is 0 Å². The number of benzene rings is 1. The molecular weight excluding hydrogens is 260 g/mol. The Labute approximate surface area is 96.5 Å². The number of ether oxygens (including phenoxy) is 3. The highest BCUT2D eigenvalue weighted by molar-refractivity contribution is 9.09. The average molecular weight is 271 g/mol. The monoisotopic (exact) mass is 270 g/mol. The van der Waals surface area contributed by atoms with Crippen molar-refractivity contribution < 1.29 is 14.2 Å². The normalized spacial score (nSPS) is 22.6. The van der Waals surface area contributed by atoms with Crippen LogP contribution in [0.3, 0.4) is 0 Å². The van der Waals surface area contributed by atoms with E-state index in [1.165, 1.54) is 11.1 Å². The van der Waals surface area contributed by atoms with E-state index in [1.54, 1.807) is 0 Å². The lowest BCUT2D eigenvalue weighted by molar-refractivity contribution is 0.0594. The quantitative estimate of drug-likeness (QED) is 0.734. The fourth-order valence-electron chi connectivity index (χ4n) is 2.04. The molecular formula is C11H11BrO3. The van der Waals surface area contributed by atoms with Gasteiger partial charge in [0, 0.05) is 5.33 Å². The van der Waals surface area contributed by atoms with Crippen molar-refractivity contribution in [3.63, 3.8) is 0 Å². The summed E-state index contributed by atoms with van der Waals surface area (Å²) in [5.41, 5.74) is 2.54. The molecule has 0 spiro atoms. The summed E-state index contributed by atoms with van der Waals surface area (Å²) < 4.78 is 16.4. The van der Waals surface area contributed by atoms with Crippen LogP contribution in [-0.2, 0) is 11.2 Å². The van der Waals surface area contributed by atoms with Crippen molar-refractivity contribution in [2.75, 3.05) is 18.7 Å². The van der Waals surface area contributed by atoms with Crippen LogP contribution in [0.15, 0.2) is 12.1 Å². The van der Waals surface area contributed by atoms with E-state index in [0.29, 0.717) is 6.79 Å². The second kappa shape index (κ2) is 3.68. The van der Waals surface area contributed by atoms with Gasteiger partial charge in [0.05, 0.1) is 12.7 Å². The highest BCUT2D eigenvalue weighted by Gasteiger charge is 2.24. The van der Waals surface area contributed by atoms with E-state index in [-0.39, 0.29) is 6.10 Å². The Morgan fingerprint density at radius 2 is 2.07 bits per heavy atom. The third-order valence-electron chi connectivity index (χ3n) is 2.81. The molecule has 1 atom stereocenters. The molecule has 1 unspecified atom stereocenters. The fourth-order valence-corrected chi connectivity index (χ4v) is 2.58. The molecule has 3 nitrogen and oxygen atoms in total. The molecule has 2 aliphatic rings. The number of hydrogen-bond acceptors (Lipinski definition) is 3. The minimum Gasteiger partial charge on any atom is -0.454 e. The molecule has 0 fully saturated rings. The van der Waals surface area contributed by atoms with Gasteiger partial charge in [-0.1, -0.05) is 15.9 Å². The molecule has 0 saturated carbocycles. The number of halogens is 1. The van der Waals surface area contributed by atoms with E-state index >= 15 is 0 Å². The summed E-state index contributed by atoms with van der Waals surface area (Å²) in [5.74, 6) is 1.70. The Bertz CT molecular complexity index is 392. The molecule has 0 saturated heterocycles. The zero-order chi connectivity index (χ0) is 10.3. The van der Waals surface area contributed by atoms with Crippen LogP contribution >= 0.6 is 15.9 Å². The lowest BCUT2D eigenvalue weighted by Crippen LogP contribution is -2.17. The Kier molecular flexibility index (Phi) is 2.33. The molecule has 0 radical (unpaired) electrons. The third-order valence-corrected chi connectivity index (χ3v) is 3.40. The lowest BCUT2D eigenvalue weighted by Gasteiger charge is -2.24. The number of alkyl halides is 1. The number of fused-ring (bicyclic) bond motifs is 2. The minimum absolute atomic E-state index is 0.142. The Hall–Kier alpha value is -0.740. The summed E-state index contributed by atoms with van der Waals surface area (Å²) in [7, 11) is 0. The fraction of sp³-hybridized carbons (Fsp3) is 0.455. The zero-order valence-electron chi connectivity index (χ0n) is 8.16. The minimum atomic E-state index is 0.142. The van der Waals surface area contributed by atoms with Gasteiger partial charge in [-0.2, -0.15) is 0 Å². The lowest BCUT2D eigenvalue weighted by atomic mass is 9.97. The van der Waals surface area contributed by atoms with E-state index in [0.717, 1.165) is 29.9 Å². The maximum atomic E-state index is 5.67. The van der Waals surface area contributed by atoms with Gasteiger partial charge in [0.2, 0.25) is 6.79 Å². The first-order chi connectivity index (χ1) is 7.38. The molecule has 4 heteroatoms. The van der Waals surface area contributed by atoms with Gasteiger partial charge in [-0.3, -0.25) is 0 Å². The Morgan fingerprint density at radius 1 is 1.27 bits per heavy atom. The molecule has 0 aromatic heterocycles. The first-order valence-electron chi connectivity index (χ1n) is 4.98. The predicted octanol–water partition coefficient (Wildman–Crippen LogP) is 2.42. The summed E-state index contributed by atoms with van der Waals surface area (Å²) >= 11 is 3.46. The van der Waals surface area contributed by atoms with Crippen LogP contribution < -0.4 is 9.47 Å². The van der Waals surface area contributed by atoms with Crippen molar-refractivity contribution in [2.24, 2.45) is 0 Å². The van der Waals surface area contributed by atoms with Gasteiger partial charge in [0.15, 0.2) is 11.5 Å². The second-order valence-electron chi connectivity index (χ2n) is 3.67. The summed E-state index contributed by atoms with van der Waals surface area (Å²) in [6.45, 7) is 1.11. The molecule has 2 aliphatic heterocycles. The molecule has 15 heavy (non-hydrogen) atoms. The van der Waals surface area contributed by atoms with Gasteiger partial charge < -0.3 is 14.2 Å². The molecule has 3 rings (SSSR count). The SMILES string of the molecule is BrCC1OCCc2cc3c(cc21)OCO3. The molecule has 2 heterocycles. The molecule has 0 aliphatic carbocycles. The predicted molar refractivity (Wildman–Crippen MR) is 58.8 cm³/mol. The highest BCUT2D eigenvalue weighted by atomic mass is 79.9. The third kappa shape index (κ3) is 1.52. The maximum absolute atomic E-state index is 5.67. The highest BCUT2D eigenvalue weighted by Crippen LogP contribution is 2.39. The Balaban J connectivity index is 2.08. The van der Waals surface area contributed by atoms with Crippen LogP contribution in [0.1, 0.15) is 17.2 Å². The van der Waals surface area contributed by atoms with Gasteiger partial charge in [-0.15, -0.1) is 0 Å². The van der Waals surface area contributed by atoms with Gasteiger partial charge in [0.1, 0.15) is 0 Å². The van der Waals surface area contributed by atoms with Crippen LogP contribution in [0.25, 0.3) is 0 Å². The standard InChI is InChI=1S/C11H11BrO3/c12-5-11-8-4-10-9(14-6-15-10)3-7(8)1-2-13-11/h3-4,11H,1-2,5-6H2. The van der Waals surface area contributed by atoms with Crippen molar-refractivity contribution in [1.29, 1.82) is 0 Å². The van der Waals surface area contributed by atoms with Crippen molar-refractivity contribution in [2.45, 2.75) is 12.5 Å². The van der Waals surface area contributed by atoms with E-state index in [4.69, 9.17) is 14.2 Å². The van der Waals surface area contributed by atoms with Gasteiger partial charge in [0.25, 0.3) is 0 Å². The summed E-state index contributed by atoms with van der Waals surface area (Å²) in [6, 6.07) is 4.12. The summed E-state index contributed by atoms with van der Waals surface area (Å²) in [6.07, 6.45) is 1.10. The molecule has 1 aromatic rings. The van der Waals surface area contributed by atoms with Crippen molar-refractivity contribution in [1.82, 2.24) is 0 Å². The van der Waals surface area contributed by atoms with Crippen LogP contribution in [0.4, 0.5) is 0 Å². The molecule has 0 amide bonds. The van der Waals surface area contributed by atoms with E-state index < -0.39 is 0 Å². The summed E-state index contributed by atoms with van der Waals surface area (Å²) in [5, 5.41) is 0.819. The van der Waals surface area contributed by atoms with E-state index in [1.807, 2.05) is 6.07 Å². The first-order valence-corrected chi connectivity index (χ1v) is 6.10. The largest absolute Gasteiger partial charge is 0.454 e. The Morgan fingerprint density at radius 3 is 2.87 bits per heavy atom. The maximum Gasteiger partial charge on any atom is 0.231 e. The second-order valence-corrected chi connectivity index (χ2v) is 4.32. The van der Waals surface area contributed by atoms with Crippen molar-refractivity contribution >= 4 is 15.9 Å². The number of hydrogen-bond donors (Lipinski definition) is 0. The molecule has 80 valence electrons. The van der Waals surface area contributed by atoms with Crippen LogP contribution in [-0.4, -0.2) is 18.7 Å². The van der Waals surface area contributed by atoms with Gasteiger partial charge in [-0.05, 0) is 29.7 Å². The van der Waals surface area contributed by atoms with Crippen LogP contribution in [0.5, 0.6) is 11.5 Å². The smallest absolute Gasteiger partial charge is 0.231 e. The molecule has 0 N–H and O–H groups in total. The zero-order valence-corrected chi connectivity index (χ0v) is 9.75. The van der Waals surface area contributed by atoms with Crippen molar-refractivity contribution in [3.8, 4) is 11.5 Å². The molecule has 1 aromatic carbocycles.